The number of hydrogen-bond acceptors (Lipinski definition) is 6. The number of carbonyl (C=O) groups is 1. The van der Waals surface area contributed by atoms with Gasteiger partial charge in [0.15, 0.2) is 11.5 Å². The number of hydrogen-bond donors (Lipinski definition) is 1. The Morgan fingerprint density at radius 1 is 1.22 bits per heavy atom. The zero-order chi connectivity index (χ0) is 22.8. The highest BCUT2D eigenvalue weighted by molar-refractivity contribution is 6.30. The summed E-state index contributed by atoms with van der Waals surface area (Å²) in [6, 6.07) is 14.2. The van der Waals surface area contributed by atoms with E-state index in [1.54, 1.807) is 42.5 Å². The van der Waals surface area contributed by atoms with E-state index in [-0.39, 0.29) is 11.7 Å². The molecular weight excluding hydrogens is 432 g/mol. The lowest BCUT2D eigenvalue weighted by molar-refractivity contribution is -0.117. The molecule has 0 aliphatic carbocycles. The number of ether oxygens (including phenoxy) is 4. The van der Waals surface area contributed by atoms with Gasteiger partial charge in [-0.05, 0) is 60.9 Å². The molecule has 2 aromatic rings. The van der Waals surface area contributed by atoms with Crippen LogP contribution in [0, 0.1) is 11.3 Å². The standard InChI is InChI=1S/C24H25ClN2O5/c1-29-23-14-17(13-18(15-26)24(28)27-16-21-3-2-10-30-21)4-9-22(23)32-12-11-31-20-7-5-19(25)6-8-20/h4-9,13-14,21H,2-3,10-12,16H2,1H3,(H,27,28)/b18-13+/t21-/m1/s1. The summed E-state index contributed by atoms with van der Waals surface area (Å²) in [5, 5.41) is 12.8. The van der Waals surface area contributed by atoms with Gasteiger partial charge in [0.1, 0.15) is 30.6 Å². The van der Waals surface area contributed by atoms with Gasteiger partial charge >= 0.3 is 0 Å². The molecule has 0 aromatic heterocycles. The largest absolute Gasteiger partial charge is 0.493 e. The topological polar surface area (TPSA) is 89.8 Å². The zero-order valence-electron chi connectivity index (χ0n) is 17.8. The van der Waals surface area contributed by atoms with Crippen LogP contribution in [0.2, 0.25) is 5.02 Å². The lowest BCUT2D eigenvalue weighted by Crippen LogP contribution is -2.32. The van der Waals surface area contributed by atoms with Gasteiger partial charge in [0.05, 0.1) is 13.2 Å². The molecule has 1 heterocycles. The van der Waals surface area contributed by atoms with Gasteiger partial charge in [0.2, 0.25) is 0 Å². The summed E-state index contributed by atoms with van der Waals surface area (Å²) in [6.07, 6.45) is 3.43. The second kappa shape index (κ2) is 12.0. The normalized spacial score (nSPS) is 15.7. The van der Waals surface area contributed by atoms with Crippen molar-refractivity contribution in [3.8, 4) is 23.3 Å². The van der Waals surface area contributed by atoms with Gasteiger partial charge in [-0.2, -0.15) is 5.26 Å². The Hall–Kier alpha value is -3.21. The number of rotatable bonds is 10. The molecule has 3 rings (SSSR count). The maximum atomic E-state index is 12.3. The quantitative estimate of drug-likeness (QED) is 0.330. The molecule has 1 atom stereocenters. The number of carbonyl (C=O) groups excluding carboxylic acids is 1. The van der Waals surface area contributed by atoms with Crippen molar-refractivity contribution in [1.29, 1.82) is 5.26 Å². The lowest BCUT2D eigenvalue weighted by Gasteiger charge is -2.12. The van der Waals surface area contributed by atoms with Crippen LogP contribution in [0.5, 0.6) is 17.2 Å². The monoisotopic (exact) mass is 456 g/mol. The van der Waals surface area contributed by atoms with Crippen molar-refractivity contribution in [1.82, 2.24) is 5.32 Å². The van der Waals surface area contributed by atoms with Gasteiger partial charge in [-0.15, -0.1) is 0 Å². The van der Waals surface area contributed by atoms with Gasteiger partial charge in [-0.3, -0.25) is 4.79 Å². The van der Waals surface area contributed by atoms with Crippen molar-refractivity contribution in [2.75, 3.05) is 33.5 Å². The highest BCUT2D eigenvalue weighted by atomic mass is 35.5. The van der Waals surface area contributed by atoms with E-state index in [1.807, 2.05) is 6.07 Å². The highest BCUT2D eigenvalue weighted by Gasteiger charge is 2.17. The first-order valence-corrected chi connectivity index (χ1v) is 10.7. The summed E-state index contributed by atoms with van der Waals surface area (Å²) >= 11 is 5.86. The molecule has 168 valence electrons. The van der Waals surface area contributed by atoms with Gasteiger partial charge in [-0.25, -0.2) is 0 Å². The molecule has 0 bridgehead atoms. The Morgan fingerprint density at radius 3 is 2.69 bits per heavy atom. The van der Waals surface area contributed by atoms with Crippen molar-refractivity contribution in [2.45, 2.75) is 18.9 Å². The van der Waals surface area contributed by atoms with E-state index < -0.39 is 5.91 Å². The molecule has 1 saturated heterocycles. The van der Waals surface area contributed by atoms with Crippen LogP contribution < -0.4 is 19.5 Å². The third-order valence-electron chi connectivity index (χ3n) is 4.80. The minimum Gasteiger partial charge on any atom is -0.493 e. The molecule has 1 fully saturated rings. The Morgan fingerprint density at radius 2 is 2.00 bits per heavy atom. The van der Waals surface area contributed by atoms with E-state index >= 15 is 0 Å². The fourth-order valence-corrected chi connectivity index (χ4v) is 3.28. The van der Waals surface area contributed by atoms with E-state index in [9.17, 15) is 10.1 Å². The van der Waals surface area contributed by atoms with Crippen LogP contribution >= 0.6 is 11.6 Å². The van der Waals surface area contributed by atoms with Crippen LogP contribution in [0.25, 0.3) is 6.08 Å². The highest BCUT2D eigenvalue weighted by Crippen LogP contribution is 2.29. The van der Waals surface area contributed by atoms with E-state index in [0.717, 1.165) is 12.8 Å². The average Bonchev–Trinajstić information content (AvgIpc) is 3.34. The molecule has 1 aliphatic rings. The molecule has 32 heavy (non-hydrogen) atoms. The van der Waals surface area contributed by atoms with E-state index in [2.05, 4.69) is 5.32 Å². The number of methoxy groups -OCH3 is 1. The maximum Gasteiger partial charge on any atom is 0.262 e. The van der Waals surface area contributed by atoms with Crippen molar-refractivity contribution in [3.63, 3.8) is 0 Å². The number of amides is 1. The van der Waals surface area contributed by atoms with Crippen molar-refractivity contribution >= 4 is 23.6 Å². The van der Waals surface area contributed by atoms with E-state index in [4.69, 9.17) is 30.5 Å². The van der Waals surface area contributed by atoms with Crippen LogP contribution in [0.15, 0.2) is 48.0 Å². The summed E-state index contributed by atoms with van der Waals surface area (Å²) in [6.45, 7) is 1.76. The molecule has 1 aliphatic heterocycles. The first kappa shape index (κ1) is 23.5. The van der Waals surface area contributed by atoms with Crippen LogP contribution in [0.1, 0.15) is 18.4 Å². The fraction of sp³-hybridized carbons (Fsp3) is 0.333. The van der Waals surface area contributed by atoms with Crippen LogP contribution in [0.4, 0.5) is 0 Å². The minimum absolute atomic E-state index is 0.00934. The molecule has 7 nitrogen and oxygen atoms in total. The molecule has 0 saturated carbocycles. The summed E-state index contributed by atoms with van der Waals surface area (Å²) in [5.74, 6) is 1.29. The van der Waals surface area contributed by atoms with E-state index in [0.29, 0.717) is 54.2 Å². The average molecular weight is 457 g/mol. The van der Waals surface area contributed by atoms with Crippen LogP contribution in [-0.4, -0.2) is 45.5 Å². The number of nitrogens with zero attached hydrogens (tertiary/aromatic N) is 1. The zero-order valence-corrected chi connectivity index (χ0v) is 18.6. The Kier molecular flexibility index (Phi) is 8.79. The molecule has 0 radical (unpaired) electrons. The molecule has 1 N–H and O–H groups in total. The minimum atomic E-state index is -0.429. The van der Waals surface area contributed by atoms with Gasteiger partial charge in [0, 0.05) is 18.2 Å². The van der Waals surface area contributed by atoms with Gasteiger partial charge < -0.3 is 24.3 Å². The molecule has 8 heteroatoms. The Bertz CT molecular complexity index is 979. The number of nitriles is 1. The molecular formula is C24H25ClN2O5. The predicted molar refractivity (Wildman–Crippen MR) is 121 cm³/mol. The summed E-state index contributed by atoms with van der Waals surface area (Å²) in [5.41, 5.74) is 0.658. The molecule has 0 unspecified atom stereocenters. The summed E-state index contributed by atoms with van der Waals surface area (Å²) < 4.78 is 22.2. The van der Waals surface area contributed by atoms with Crippen LogP contribution in [-0.2, 0) is 9.53 Å². The van der Waals surface area contributed by atoms with Crippen molar-refractivity contribution in [3.05, 3.63) is 58.6 Å². The van der Waals surface area contributed by atoms with Gasteiger partial charge in [0.25, 0.3) is 5.91 Å². The first-order valence-electron chi connectivity index (χ1n) is 10.3. The number of benzene rings is 2. The fourth-order valence-electron chi connectivity index (χ4n) is 3.16. The maximum absolute atomic E-state index is 12.3. The summed E-state index contributed by atoms with van der Waals surface area (Å²) in [4.78, 5) is 12.3. The molecule has 0 spiro atoms. The molecule has 1 amide bonds. The Balaban J connectivity index is 1.56. The van der Waals surface area contributed by atoms with Crippen molar-refractivity contribution in [2.24, 2.45) is 0 Å². The van der Waals surface area contributed by atoms with E-state index in [1.165, 1.54) is 13.2 Å². The number of nitrogens with one attached hydrogen (secondary N) is 1. The third kappa shape index (κ3) is 6.91. The Labute approximate surface area is 192 Å². The summed E-state index contributed by atoms with van der Waals surface area (Å²) in [7, 11) is 1.53. The second-order valence-corrected chi connectivity index (χ2v) is 7.51. The first-order chi connectivity index (χ1) is 15.6. The third-order valence-corrected chi connectivity index (χ3v) is 5.05. The molecule has 2 aromatic carbocycles. The second-order valence-electron chi connectivity index (χ2n) is 7.08. The van der Waals surface area contributed by atoms with Crippen molar-refractivity contribution < 1.29 is 23.7 Å². The SMILES string of the molecule is COc1cc(/C=C(\C#N)C(=O)NC[C@H]2CCCO2)ccc1OCCOc1ccc(Cl)cc1. The van der Waals surface area contributed by atoms with Gasteiger partial charge in [-0.1, -0.05) is 17.7 Å². The number of halogens is 1. The lowest BCUT2D eigenvalue weighted by atomic mass is 10.1. The smallest absolute Gasteiger partial charge is 0.262 e. The van der Waals surface area contributed by atoms with Crippen LogP contribution in [0.3, 0.4) is 0 Å². The predicted octanol–water partition coefficient (Wildman–Crippen LogP) is 4.01.